The van der Waals surface area contributed by atoms with E-state index in [4.69, 9.17) is 5.73 Å². The topological polar surface area (TPSA) is 29.3 Å². The summed E-state index contributed by atoms with van der Waals surface area (Å²) in [5.41, 5.74) is 5.12. The molecule has 0 spiro atoms. The summed E-state index contributed by atoms with van der Waals surface area (Å²) in [5, 5.41) is 0. The van der Waals surface area contributed by atoms with Crippen LogP contribution in [0.5, 0.6) is 0 Å². The number of rotatable bonds is 4. The van der Waals surface area contributed by atoms with E-state index in [-0.39, 0.29) is 13.1 Å². The summed E-state index contributed by atoms with van der Waals surface area (Å²) in [6.07, 6.45) is -0.988. The van der Waals surface area contributed by atoms with Crippen LogP contribution < -0.4 is 5.73 Å². The van der Waals surface area contributed by atoms with Crippen LogP contribution in [0.4, 0.5) is 13.2 Å². The van der Waals surface area contributed by atoms with Gasteiger partial charge in [-0.05, 0) is 19.9 Å². The van der Waals surface area contributed by atoms with Crippen LogP contribution in [0.25, 0.3) is 0 Å². The Morgan fingerprint density at radius 2 is 2.00 bits per heavy atom. The predicted octanol–water partition coefficient (Wildman–Crippen LogP) is 1.61. The summed E-state index contributed by atoms with van der Waals surface area (Å²) >= 11 is 0. The third kappa shape index (κ3) is 2.85. The molecule has 14 heavy (non-hydrogen) atoms. The number of nitrogens with zero attached hydrogens (tertiary/aromatic N) is 1. The molecule has 2 N–H and O–H groups in total. The van der Waals surface area contributed by atoms with E-state index in [1.165, 1.54) is 0 Å². The molecule has 0 aromatic rings. The molecule has 1 atom stereocenters. The van der Waals surface area contributed by atoms with Crippen molar-refractivity contribution < 1.29 is 13.2 Å². The highest BCUT2D eigenvalue weighted by Crippen LogP contribution is 2.29. The molecular formula is C9H17F3N2. The van der Waals surface area contributed by atoms with Crippen molar-refractivity contribution in [2.24, 2.45) is 11.7 Å². The molecule has 0 radical (unpaired) electrons. The van der Waals surface area contributed by atoms with Crippen molar-refractivity contribution >= 4 is 0 Å². The third-order valence-electron chi connectivity index (χ3n) is 2.95. The first-order chi connectivity index (χ1) is 6.45. The molecule has 0 bridgehead atoms. The van der Waals surface area contributed by atoms with Crippen molar-refractivity contribution in [1.29, 1.82) is 0 Å². The lowest BCUT2D eigenvalue weighted by Gasteiger charge is -2.36. The smallest absolute Gasteiger partial charge is 0.330 e. The van der Waals surface area contributed by atoms with Crippen molar-refractivity contribution in [2.45, 2.75) is 31.5 Å². The molecular weight excluding hydrogens is 193 g/mol. The first kappa shape index (κ1) is 11.8. The van der Waals surface area contributed by atoms with E-state index in [1.807, 2.05) is 0 Å². The summed E-state index contributed by atoms with van der Waals surface area (Å²) < 4.78 is 37.1. The summed E-state index contributed by atoms with van der Waals surface area (Å²) in [6.45, 7) is -0.286. The molecule has 1 fully saturated rings. The number of hydrogen-bond acceptors (Lipinski definition) is 2. The molecule has 5 heteroatoms. The summed E-state index contributed by atoms with van der Waals surface area (Å²) in [6, 6.07) is 0.339. The maximum absolute atomic E-state index is 12.4. The molecule has 1 saturated carbocycles. The van der Waals surface area contributed by atoms with Crippen LogP contribution in [-0.2, 0) is 0 Å². The minimum absolute atomic E-state index is 0.0324. The number of hydrogen-bond donors (Lipinski definition) is 1. The number of alkyl halides is 3. The van der Waals surface area contributed by atoms with Gasteiger partial charge < -0.3 is 10.6 Å². The first-order valence-electron chi connectivity index (χ1n) is 4.92. The molecule has 0 heterocycles. The van der Waals surface area contributed by atoms with E-state index >= 15 is 0 Å². The van der Waals surface area contributed by atoms with Crippen LogP contribution in [-0.4, -0.2) is 37.3 Å². The van der Waals surface area contributed by atoms with Crippen molar-refractivity contribution in [3.63, 3.8) is 0 Å². The quantitative estimate of drug-likeness (QED) is 0.763. The average Bonchev–Trinajstić information content (AvgIpc) is 1.94. The zero-order chi connectivity index (χ0) is 10.8. The van der Waals surface area contributed by atoms with E-state index < -0.39 is 12.1 Å². The van der Waals surface area contributed by atoms with Gasteiger partial charge in [0.15, 0.2) is 0 Å². The lowest BCUT2D eigenvalue weighted by Crippen LogP contribution is -2.45. The monoisotopic (exact) mass is 210 g/mol. The fourth-order valence-corrected chi connectivity index (χ4v) is 1.64. The van der Waals surface area contributed by atoms with Crippen LogP contribution in [0.2, 0.25) is 0 Å². The van der Waals surface area contributed by atoms with Crippen LogP contribution in [0.15, 0.2) is 0 Å². The molecule has 84 valence electrons. The maximum atomic E-state index is 12.4. The normalized spacial score (nSPS) is 21.0. The van der Waals surface area contributed by atoms with E-state index in [0.29, 0.717) is 6.04 Å². The Bertz CT molecular complexity index is 177. The predicted molar refractivity (Wildman–Crippen MR) is 48.9 cm³/mol. The van der Waals surface area contributed by atoms with E-state index in [1.54, 1.807) is 11.9 Å². The summed E-state index contributed by atoms with van der Waals surface area (Å²) in [7, 11) is 1.75. The standard InChI is InChI=1S/C9H17F3N2/c1-14(8-3-2-4-8)6-7(5-13)9(10,11)12/h7-8H,2-6,13H2,1H3. The van der Waals surface area contributed by atoms with Gasteiger partial charge in [0.2, 0.25) is 0 Å². The Labute approximate surface area is 82.2 Å². The Kier molecular flexibility index (Phi) is 3.78. The van der Waals surface area contributed by atoms with Gasteiger partial charge in [0.1, 0.15) is 0 Å². The van der Waals surface area contributed by atoms with Gasteiger partial charge in [-0.1, -0.05) is 6.42 Å². The zero-order valence-electron chi connectivity index (χ0n) is 8.35. The second-order valence-electron chi connectivity index (χ2n) is 4.00. The largest absolute Gasteiger partial charge is 0.394 e. The second-order valence-corrected chi connectivity index (χ2v) is 4.00. The molecule has 1 rings (SSSR count). The fraction of sp³-hybridized carbons (Fsp3) is 1.00. The Hall–Kier alpha value is -0.290. The molecule has 0 aliphatic heterocycles. The van der Waals surface area contributed by atoms with Gasteiger partial charge in [0.05, 0.1) is 5.92 Å². The summed E-state index contributed by atoms with van der Waals surface area (Å²) in [4.78, 5) is 1.79. The maximum Gasteiger partial charge on any atom is 0.394 e. The molecule has 1 aliphatic rings. The van der Waals surface area contributed by atoms with Gasteiger partial charge in [-0.2, -0.15) is 13.2 Å². The van der Waals surface area contributed by atoms with Crippen LogP contribution >= 0.6 is 0 Å². The van der Waals surface area contributed by atoms with Crippen molar-refractivity contribution in [2.75, 3.05) is 20.1 Å². The van der Waals surface area contributed by atoms with Gasteiger partial charge in [0.25, 0.3) is 0 Å². The van der Waals surface area contributed by atoms with Crippen LogP contribution in [0, 0.1) is 5.92 Å². The van der Waals surface area contributed by atoms with Crippen molar-refractivity contribution in [3.8, 4) is 0 Å². The number of halogens is 3. The Morgan fingerprint density at radius 3 is 2.29 bits per heavy atom. The van der Waals surface area contributed by atoms with Crippen molar-refractivity contribution in [3.05, 3.63) is 0 Å². The Balaban J connectivity index is 2.39. The number of nitrogens with two attached hydrogens (primary N) is 1. The molecule has 0 aromatic heterocycles. The van der Waals surface area contributed by atoms with Gasteiger partial charge in [-0.3, -0.25) is 0 Å². The van der Waals surface area contributed by atoms with Gasteiger partial charge in [0, 0.05) is 19.1 Å². The highest BCUT2D eigenvalue weighted by Gasteiger charge is 2.40. The summed E-state index contributed by atoms with van der Waals surface area (Å²) in [5.74, 6) is -1.38. The molecule has 0 aromatic carbocycles. The second kappa shape index (κ2) is 4.49. The zero-order valence-corrected chi connectivity index (χ0v) is 8.35. The van der Waals surface area contributed by atoms with Crippen molar-refractivity contribution in [1.82, 2.24) is 4.90 Å². The molecule has 0 amide bonds. The first-order valence-corrected chi connectivity index (χ1v) is 4.92. The molecule has 2 nitrogen and oxygen atoms in total. The minimum Gasteiger partial charge on any atom is -0.330 e. The van der Waals surface area contributed by atoms with Gasteiger partial charge in [-0.15, -0.1) is 0 Å². The van der Waals surface area contributed by atoms with Gasteiger partial charge >= 0.3 is 6.18 Å². The molecule has 1 unspecified atom stereocenters. The lowest BCUT2D eigenvalue weighted by atomic mass is 9.91. The highest BCUT2D eigenvalue weighted by atomic mass is 19.4. The molecule has 1 aliphatic carbocycles. The Morgan fingerprint density at radius 1 is 1.43 bits per heavy atom. The van der Waals surface area contributed by atoms with E-state index in [2.05, 4.69) is 0 Å². The lowest BCUT2D eigenvalue weighted by molar-refractivity contribution is -0.177. The van der Waals surface area contributed by atoms with E-state index in [9.17, 15) is 13.2 Å². The SMILES string of the molecule is CN(CC(CN)C(F)(F)F)C1CCC1. The molecule has 0 saturated heterocycles. The fourth-order valence-electron chi connectivity index (χ4n) is 1.64. The van der Waals surface area contributed by atoms with Crippen LogP contribution in [0.1, 0.15) is 19.3 Å². The highest BCUT2D eigenvalue weighted by molar-refractivity contribution is 4.81. The third-order valence-corrected chi connectivity index (χ3v) is 2.95. The van der Waals surface area contributed by atoms with Crippen LogP contribution in [0.3, 0.4) is 0 Å². The minimum atomic E-state index is -4.16. The van der Waals surface area contributed by atoms with E-state index in [0.717, 1.165) is 19.3 Å². The average molecular weight is 210 g/mol. The van der Waals surface area contributed by atoms with Gasteiger partial charge in [-0.25, -0.2) is 0 Å².